The molecule has 0 atom stereocenters. The van der Waals surface area contributed by atoms with Gasteiger partial charge in [0.05, 0.1) is 16.3 Å². The summed E-state index contributed by atoms with van der Waals surface area (Å²) < 4.78 is 38.4. The number of hydrogen-bond acceptors (Lipinski definition) is 4. The van der Waals surface area contributed by atoms with Crippen molar-refractivity contribution in [3.05, 3.63) is 34.6 Å². The molecule has 1 aromatic heterocycles. The second-order valence-electron chi connectivity index (χ2n) is 5.31. The molecule has 1 fully saturated rings. The van der Waals surface area contributed by atoms with E-state index in [0.717, 1.165) is 42.6 Å². The van der Waals surface area contributed by atoms with Crippen molar-refractivity contribution in [3.8, 4) is 0 Å². The van der Waals surface area contributed by atoms with Crippen LogP contribution in [0.4, 0.5) is 18.9 Å². The number of H-pyrrole nitrogens is 1. The van der Waals surface area contributed by atoms with Crippen LogP contribution in [0.5, 0.6) is 0 Å². The normalized spacial score (nSPS) is 14.7. The predicted octanol–water partition coefficient (Wildman–Crippen LogP) is 4.09. The third kappa shape index (κ3) is 4.21. The smallest absolute Gasteiger partial charge is 0.325 e. The molecule has 1 aromatic carbocycles. The number of alkyl halides is 3. The van der Waals surface area contributed by atoms with Crippen LogP contribution in [0.2, 0.25) is 5.02 Å². The molecular formula is C14H12ClF3N4OS. The Morgan fingerprint density at radius 3 is 2.83 bits per heavy atom. The molecule has 1 heterocycles. The zero-order chi connectivity index (χ0) is 17.3. The number of carbonyl (C=O) groups is 1. The number of anilines is 1. The fourth-order valence-electron chi connectivity index (χ4n) is 2.01. The second-order valence-corrected chi connectivity index (χ2v) is 6.66. The molecule has 1 aliphatic rings. The zero-order valence-electron chi connectivity index (χ0n) is 12.2. The van der Waals surface area contributed by atoms with Crippen molar-refractivity contribution < 1.29 is 18.0 Å². The summed E-state index contributed by atoms with van der Waals surface area (Å²) >= 11 is 6.65. The third-order valence-corrected chi connectivity index (χ3v) is 4.51. The molecule has 0 spiro atoms. The molecular weight excluding hydrogens is 365 g/mol. The van der Waals surface area contributed by atoms with E-state index < -0.39 is 22.7 Å². The van der Waals surface area contributed by atoms with Crippen molar-refractivity contribution in [2.45, 2.75) is 30.1 Å². The van der Waals surface area contributed by atoms with Gasteiger partial charge in [-0.15, -0.1) is 5.10 Å². The van der Waals surface area contributed by atoms with Crippen LogP contribution in [0.1, 0.15) is 30.1 Å². The van der Waals surface area contributed by atoms with Crippen LogP contribution >= 0.6 is 23.4 Å². The van der Waals surface area contributed by atoms with Crippen LogP contribution in [-0.4, -0.2) is 26.8 Å². The Kier molecular flexibility index (Phi) is 4.73. The predicted molar refractivity (Wildman–Crippen MR) is 84.2 cm³/mol. The lowest BCUT2D eigenvalue weighted by molar-refractivity contribution is -0.137. The van der Waals surface area contributed by atoms with Crippen LogP contribution < -0.4 is 5.32 Å². The van der Waals surface area contributed by atoms with E-state index in [2.05, 4.69) is 20.5 Å². The molecule has 0 unspecified atom stereocenters. The number of amides is 1. The van der Waals surface area contributed by atoms with Gasteiger partial charge in [-0.3, -0.25) is 9.89 Å². The Labute approximate surface area is 144 Å². The van der Waals surface area contributed by atoms with E-state index in [9.17, 15) is 18.0 Å². The number of halogens is 4. The van der Waals surface area contributed by atoms with Gasteiger partial charge in [0.15, 0.2) is 0 Å². The topological polar surface area (TPSA) is 70.7 Å². The van der Waals surface area contributed by atoms with Crippen LogP contribution in [0, 0.1) is 0 Å². The minimum Gasteiger partial charge on any atom is -0.325 e. The molecule has 0 aliphatic heterocycles. The average Bonchev–Trinajstić information content (AvgIpc) is 3.25. The van der Waals surface area contributed by atoms with Gasteiger partial charge in [-0.25, -0.2) is 4.98 Å². The van der Waals surface area contributed by atoms with Gasteiger partial charge in [-0.1, -0.05) is 23.4 Å². The van der Waals surface area contributed by atoms with E-state index in [4.69, 9.17) is 11.6 Å². The van der Waals surface area contributed by atoms with Crippen molar-refractivity contribution in [1.82, 2.24) is 15.2 Å². The molecule has 128 valence electrons. The summed E-state index contributed by atoms with van der Waals surface area (Å²) in [5.74, 6) is 0.778. The number of aromatic nitrogens is 3. The molecule has 0 bridgehead atoms. The van der Waals surface area contributed by atoms with E-state index >= 15 is 0 Å². The number of benzene rings is 1. The Bertz CT molecular complexity index is 761. The van der Waals surface area contributed by atoms with Crippen LogP contribution in [0.15, 0.2) is 23.4 Å². The highest BCUT2D eigenvalue weighted by Gasteiger charge is 2.33. The molecule has 1 aliphatic carbocycles. The number of nitrogens with one attached hydrogen (secondary N) is 2. The SMILES string of the molecule is O=C(CSc1n[nH]c(C2CC2)n1)Nc1ccc(Cl)c(C(F)(F)F)c1. The lowest BCUT2D eigenvalue weighted by Crippen LogP contribution is -2.15. The van der Waals surface area contributed by atoms with Gasteiger partial charge in [0.25, 0.3) is 0 Å². The molecule has 1 saturated carbocycles. The van der Waals surface area contributed by atoms with Gasteiger partial charge in [0.1, 0.15) is 5.82 Å². The van der Waals surface area contributed by atoms with Crippen LogP contribution in [0.3, 0.4) is 0 Å². The molecule has 1 amide bonds. The van der Waals surface area contributed by atoms with Gasteiger partial charge in [-0.05, 0) is 31.0 Å². The van der Waals surface area contributed by atoms with Crippen molar-refractivity contribution >= 4 is 35.0 Å². The number of carbonyl (C=O) groups excluding carboxylic acids is 1. The standard InChI is InChI=1S/C14H12ClF3N4OS/c15-10-4-3-8(5-9(10)14(16,17)18)19-11(23)6-24-13-20-12(21-22-13)7-1-2-7/h3-5,7H,1-2,6H2,(H,19,23)(H,20,21,22). The quantitative estimate of drug-likeness (QED) is 0.771. The Hall–Kier alpha value is -1.74. The first-order valence-corrected chi connectivity index (χ1v) is 8.41. The van der Waals surface area contributed by atoms with E-state index in [1.165, 1.54) is 6.07 Å². The van der Waals surface area contributed by atoms with E-state index in [-0.39, 0.29) is 11.4 Å². The van der Waals surface area contributed by atoms with Gasteiger partial charge in [0, 0.05) is 11.6 Å². The molecule has 2 aromatic rings. The van der Waals surface area contributed by atoms with Crippen LogP contribution in [-0.2, 0) is 11.0 Å². The minimum atomic E-state index is -4.58. The van der Waals surface area contributed by atoms with E-state index in [1.807, 2.05) is 0 Å². The molecule has 5 nitrogen and oxygen atoms in total. The summed E-state index contributed by atoms with van der Waals surface area (Å²) in [5.41, 5.74) is -0.955. The third-order valence-electron chi connectivity index (χ3n) is 3.33. The van der Waals surface area contributed by atoms with E-state index in [1.54, 1.807) is 0 Å². The monoisotopic (exact) mass is 376 g/mol. The maximum absolute atomic E-state index is 12.8. The Morgan fingerprint density at radius 2 is 2.17 bits per heavy atom. The highest BCUT2D eigenvalue weighted by Crippen LogP contribution is 2.38. The number of nitrogens with zero attached hydrogens (tertiary/aromatic N) is 2. The summed E-state index contributed by atoms with van der Waals surface area (Å²) in [5, 5.41) is 9.25. The maximum Gasteiger partial charge on any atom is 0.417 e. The van der Waals surface area contributed by atoms with Gasteiger partial charge in [0.2, 0.25) is 11.1 Å². The maximum atomic E-state index is 12.8. The summed E-state index contributed by atoms with van der Waals surface area (Å²) in [7, 11) is 0. The number of aromatic amines is 1. The van der Waals surface area contributed by atoms with Crippen molar-refractivity contribution in [2.24, 2.45) is 0 Å². The number of thioether (sulfide) groups is 1. The molecule has 24 heavy (non-hydrogen) atoms. The molecule has 2 N–H and O–H groups in total. The molecule has 10 heteroatoms. The van der Waals surface area contributed by atoms with E-state index in [0.29, 0.717) is 11.1 Å². The summed E-state index contributed by atoms with van der Waals surface area (Å²) in [6.45, 7) is 0. The molecule has 3 rings (SSSR count). The van der Waals surface area contributed by atoms with Gasteiger partial charge in [-0.2, -0.15) is 13.2 Å². The highest BCUT2D eigenvalue weighted by molar-refractivity contribution is 7.99. The summed E-state index contributed by atoms with van der Waals surface area (Å²) in [6, 6.07) is 3.23. The Balaban J connectivity index is 1.58. The average molecular weight is 377 g/mol. The molecule has 0 radical (unpaired) electrons. The summed E-state index contributed by atoms with van der Waals surface area (Å²) in [6.07, 6.45) is -2.42. The Morgan fingerprint density at radius 1 is 1.42 bits per heavy atom. The largest absolute Gasteiger partial charge is 0.417 e. The second kappa shape index (κ2) is 6.64. The van der Waals surface area contributed by atoms with Crippen LogP contribution in [0.25, 0.3) is 0 Å². The lowest BCUT2D eigenvalue weighted by atomic mass is 10.2. The fraction of sp³-hybridized carbons (Fsp3) is 0.357. The van der Waals surface area contributed by atoms with Crippen molar-refractivity contribution in [2.75, 3.05) is 11.1 Å². The zero-order valence-corrected chi connectivity index (χ0v) is 13.7. The lowest BCUT2D eigenvalue weighted by Gasteiger charge is -2.11. The fourth-order valence-corrected chi connectivity index (χ4v) is 2.84. The summed E-state index contributed by atoms with van der Waals surface area (Å²) in [4.78, 5) is 16.1. The van der Waals surface area contributed by atoms with Crippen molar-refractivity contribution in [1.29, 1.82) is 0 Å². The minimum absolute atomic E-state index is 0.00800. The number of hydrogen-bond donors (Lipinski definition) is 2. The number of rotatable bonds is 5. The molecule has 0 saturated heterocycles. The van der Waals surface area contributed by atoms with Crippen molar-refractivity contribution in [3.63, 3.8) is 0 Å². The van der Waals surface area contributed by atoms with Gasteiger partial charge >= 0.3 is 6.18 Å². The first-order chi connectivity index (χ1) is 11.3. The highest BCUT2D eigenvalue weighted by atomic mass is 35.5. The van der Waals surface area contributed by atoms with Gasteiger partial charge < -0.3 is 5.32 Å². The first-order valence-electron chi connectivity index (χ1n) is 7.04. The first kappa shape index (κ1) is 17.1.